The van der Waals surface area contributed by atoms with E-state index in [4.69, 9.17) is 9.47 Å². The number of carbonyl (C=O) groups excluding carboxylic acids is 2. The van der Waals surface area contributed by atoms with Crippen molar-refractivity contribution in [2.45, 2.75) is 51.0 Å². The largest absolute Gasteiger partial charge is 0.487 e. The van der Waals surface area contributed by atoms with Gasteiger partial charge >= 0.3 is 5.97 Å². The Morgan fingerprint density at radius 1 is 1.09 bits per heavy atom. The number of hydrogen-bond donors (Lipinski definition) is 1. The van der Waals surface area contributed by atoms with Crippen LogP contribution in [0.1, 0.15) is 54.4 Å². The van der Waals surface area contributed by atoms with Gasteiger partial charge < -0.3 is 14.8 Å². The Kier molecular flexibility index (Phi) is 4.93. The Balaban J connectivity index is 1.13. The van der Waals surface area contributed by atoms with Gasteiger partial charge in [0.05, 0.1) is 24.9 Å². The number of hydrogen-bond acceptors (Lipinski definition) is 5. The number of rotatable bonds is 5. The van der Waals surface area contributed by atoms with E-state index in [1.165, 1.54) is 32.6 Å². The highest BCUT2D eigenvalue weighted by Crippen LogP contribution is 2.60. The summed E-state index contributed by atoms with van der Waals surface area (Å²) in [6.45, 7) is 0.531. The molecule has 2 heterocycles. The molecule has 172 valence electrons. The fraction of sp³-hybridized carbons (Fsp3) is 0.519. The number of fused-ring (bicyclic) bond motifs is 1. The molecule has 1 aromatic heterocycles. The highest BCUT2D eigenvalue weighted by molar-refractivity contribution is 5.89. The van der Waals surface area contributed by atoms with Gasteiger partial charge in [-0.05, 0) is 80.0 Å². The third-order valence-electron chi connectivity index (χ3n) is 8.30. The highest BCUT2D eigenvalue weighted by atomic mass is 16.5. The normalized spacial score (nSPS) is 31.1. The molecule has 0 saturated heterocycles. The molecule has 1 N–H and O–H groups in total. The van der Waals surface area contributed by atoms with Gasteiger partial charge in [0.15, 0.2) is 0 Å². The first-order chi connectivity index (χ1) is 16.0. The monoisotopic (exact) mass is 446 g/mol. The van der Waals surface area contributed by atoms with E-state index in [1.807, 2.05) is 18.2 Å². The van der Waals surface area contributed by atoms with Crippen LogP contribution in [0.15, 0.2) is 36.5 Å². The summed E-state index contributed by atoms with van der Waals surface area (Å²) in [5.74, 6) is 2.95. The maximum atomic E-state index is 13.3. The Hall–Kier alpha value is -2.89. The number of methoxy groups -OCH3 is 1. The van der Waals surface area contributed by atoms with Gasteiger partial charge in [-0.25, -0.2) is 4.79 Å². The number of para-hydroxylation sites is 1. The predicted octanol–water partition coefficient (Wildman–Crippen LogP) is 4.17. The van der Waals surface area contributed by atoms with Crippen LogP contribution >= 0.6 is 0 Å². The van der Waals surface area contributed by atoms with Crippen molar-refractivity contribution in [3.8, 4) is 17.0 Å². The molecule has 5 aliphatic rings. The third-order valence-corrected chi connectivity index (χ3v) is 8.30. The fourth-order valence-corrected chi connectivity index (χ4v) is 7.23. The first-order valence-corrected chi connectivity index (χ1v) is 12.1. The summed E-state index contributed by atoms with van der Waals surface area (Å²) in [7, 11) is 1.36. The molecule has 6 nitrogen and oxygen atoms in total. The summed E-state index contributed by atoms with van der Waals surface area (Å²) in [6.07, 6.45) is 9.47. The molecule has 1 amide bonds. The van der Waals surface area contributed by atoms with Crippen molar-refractivity contribution in [1.82, 2.24) is 10.3 Å². The first kappa shape index (κ1) is 20.7. The molecule has 1 atom stereocenters. The summed E-state index contributed by atoms with van der Waals surface area (Å²) >= 11 is 0. The van der Waals surface area contributed by atoms with E-state index in [0.29, 0.717) is 12.1 Å². The number of aromatic nitrogens is 1. The minimum absolute atomic E-state index is 0.0756. The molecule has 1 aliphatic heterocycles. The van der Waals surface area contributed by atoms with Crippen molar-refractivity contribution in [3.63, 3.8) is 0 Å². The number of amides is 1. The molecule has 7 rings (SSSR count). The van der Waals surface area contributed by atoms with E-state index < -0.39 is 5.97 Å². The zero-order chi connectivity index (χ0) is 22.6. The molecule has 4 bridgehead atoms. The quantitative estimate of drug-likeness (QED) is 0.698. The van der Waals surface area contributed by atoms with Gasteiger partial charge in [0.25, 0.3) is 0 Å². The third kappa shape index (κ3) is 3.60. The minimum Gasteiger partial charge on any atom is -0.487 e. The smallest absolute Gasteiger partial charge is 0.339 e. The van der Waals surface area contributed by atoms with E-state index >= 15 is 0 Å². The lowest BCUT2D eigenvalue weighted by Crippen LogP contribution is -2.54. The number of ether oxygens (including phenoxy) is 2. The first-order valence-electron chi connectivity index (χ1n) is 12.1. The van der Waals surface area contributed by atoms with Crippen LogP contribution in [-0.2, 0) is 16.0 Å². The van der Waals surface area contributed by atoms with Crippen molar-refractivity contribution in [2.24, 2.45) is 23.2 Å². The highest BCUT2D eigenvalue weighted by Gasteiger charge is 2.54. The van der Waals surface area contributed by atoms with Crippen LogP contribution in [0.4, 0.5) is 0 Å². The van der Waals surface area contributed by atoms with Crippen LogP contribution in [-0.4, -0.2) is 36.6 Å². The van der Waals surface area contributed by atoms with Crippen LogP contribution in [0.5, 0.6) is 5.75 Å². The molecule has 4 saturated carbocycles. The Bertz CT molecular complexity index is 1060. The summed E-state index contributed by atoms with van der Waals surface area (Å²) in [5, 5.41) is 3.27. The summed E-state index contributed by atoms with van der Waals surface area (Å²) < 4.78 is 11.1. The SMILES string of the molecule is COC(=O)c1ccc(-c2cccc3c2OC(CNC(=O)C24CC5CC(CC(C5)C2)C4)C3)nc1. The standard InChI is InChI=1S/C27H30N2O4/c1-32-25(30)20-5-6-23(28-14-20)22-4-2-3-19-10-21(33-24(19)22)15-29-26(31)27-11-16-7-17(12-27)9-18(8-16)13-27/h2-6,14,16-18,21H,7-13,15H2,1H3,(H,29,31). The van der Waals surface area contributed by atoms with E-state index in [0.717, 1.165) is 66.0 Å². The van der Waals surface area contributed by atoms with Crippen molar-refractivity contribution < 1.29 is 19.1 Å². The Labute approximate surface area is 194 Å². The zero-order valence-electron chi connectivity index (χ0n) is 19.0. The predicted molar refractivity (Wildman–Crippen MR) is 123 cm³/mol. The molecule has 0 spiro atoms. The van der Waals surface area contributed by atoms with Crippen LogP contribution in [0, 0.1) is 23.2 Å². The van der Waals surface area contributed by atoms with Crippen molar-refractivity contribution >= 4 is 11.9 Å². The van der Waals surface area contributed by atoms with Gasteiger partial charge in [-0.15, -0.1) is 0 Å². The van der Waals surface area contributed by atoms with Gasteiger partial charge in [-0.3, -0.25) is 9.78 Å². The maximum absolute atomic E-state index is 13.3. The number of benzene rings is 1. The number of esters is 1. The lowest BCUT2D eigenvalue weighted by atomic mass is 9.49. The topological polar surface area (TPSA) is 77.5 Å². The summed E-state index contributed by atoms with van der Waals surface area (Å²) in [5.41, 5.74) is 3.06. The molecule has 1 aromatic carbocycles. The molecule has 4 aliphatic carbocycles. The fourth-order valence-electron chi connectivity index (χ4n) is 7.23. The van der Waals surface area contributed by atoms with Crippen molar-refractivity contribution in [1.29, 1.82) is 0 Å². The molecular formula is C27H30N2O4. The van der Waals surface area contributed by atoms with E-state index in [9.17, 15) is 9.59 Å². The number of nitrogens with zero attached hydrogens (tertiary/aromatic N) is 1. The minimum atomic E-state index is -0.404. The Morgan fingerprint density at radius 2 is 1.82 bits per heavy atom. The molecule has 1 unspecified atom stereocenters. The lowest BCUT2D eigenvalue weighted by Gasteiger charge is -2.55. The second-order valence-corrected chi connectivity index (χ2v) is 10.6. The number of pyridine rings is 1. The zero-order valence-corrected chi connectivity index (χ0v) is 19.0. The number of nitrogens with one attached hydrogen (secondary N) is 1. The molecule has 33 heavy (non-hydrogen) atoms. The van der Waals surface area contributed by atoms with Crippen molar-refractivity contribution in [2.75, 3.05) is 13.7 Å². The average molecular weight is 447 g/mol. The van der Waals surface area contributed by atoms with Crippen LogP contribution in [0.3, 0.4) is 0 Å². The van der Waals surface area contributed by atoms with Gasteiger partial charge in [0.2, 0.25) is 5.91 Å². The molecule has 4 fully saturated rings. The van der Waals surface area contributed by atoms with E-state index in [2.05, 4.69) is 16.4 Å². The second-order valence-electron chi connectivity index (χ2n) is 10.6. The lowest BCUT2D eigenvalue weighted by molar-refractivity contribution is -0.146. The van der Waals surface area contributed by atoms with Crippen LogP contribution in [0.2, 0.25) is 0 Å². The molecule has 6 heteroatoms. The van der Waals surface area contributed by atoms with Gasteiger partial charge in [-0.2, -0.15) is 0 Å². The second kappa shape index (κ2) is 7.86. The van der Waals surface area contributed by atoms with E-state index in [-0.39, 0.29) is 17.4 Å². The molecule has 0 radical (unpaired) electrons. The average Bonchev–Trinajstić information content (AvgIpc) is 3.24. The van der Waals surface area contributed by atoms with Crippen LogP contribution in [0.25, 0.3) is 11.3 Å². The van der Waals surface area contributed by atoms with Gasteiger partial charge in [0.1, 0.15) is 11.9 Å². The number of carbonyl (C=O) groups is 2. The van der Waals surface area contributed by atoms with E-state index in [1.54, 1.807) is 6.07 Å². The van der Waals surface area contributed by atoms with Gasteiger partial charge in [0, 0.05) is 23.6 Å². The maximum Gasteiger partial charge on any atom is 0.339 e. The summed E-state index contributed by atoms with van der Waals surface area (Å²) in [6, 6.07) is 9.58. The van der Waals surface area contributed by atoms with Gasteiger partial charge in [-0.1, -0.05) is 12.1 Å². The summed E-state index contributed by atoms with van der Waals surface area (Å²) in [4.78, 5) is 29.5. The molecule has 2 aromatic rings. The molecular weight excluding hydrogens is 416 g/mol. The van der Waals surface area contributed by atoms with Crippen LogP contribution < -0.4 is 10.1 Å². The van der Waals surface area contributed by atoms with Crippen molar-refractivity contribution in [3.05, 3.63) is 47.7 Å². The Morgan fingerprint density at radius 3 is 2.45 bits per heavy atom.